The van der Waals surface area contributed by atoms with E-state index in [4.69, 9.17) is 27.9 Å². The van der Waals surface area contributed by atoms with Crippen LogP contribution in [0.5, 0.6) is 0 Å². The van der Waals surface area contributed by atoms with E-state index in [9.17, 15) is 13.2 Å². The first kappa shape index (κ1) is 21.7. The minimum atomic E-state index is -3.28. The molecule has 0 saturated carbocycles. The third kappa shape index (κ3) is 3.89. The van der Waals surface area contributed by atoms with Gasteiger partial charge < -0.3 is 10.1 Å². The molecule has 0 radical (unpaired) electrons. The highest BCUT2D eigenvalue weighted by Crippen LogP contribution is 2.33. The highest BCUT2D eigenvalue weighted by molar-refractivity contribution is 6.34. The highest BCUT2D eigenvalue weighted by Gasteiger charge is 2.31. The van der Waals surface area contributed by atoms with Gasteiger partial charge >= 0.3 is 0 Å². The van der Waals surface area contributed by atoms with Gasteiger partial charge in [-0.15, -0.1) is 0 Å². The average molecular weight is 491 g/mol. The van der Waals surface area contributed by atoms with Crippen molar-refractivity contribution in [2.45, 2.75) is 37.6 Å². The van der Waals surface area contributed by atoms with E-state index >= 15 is 0 Å². The lowest BCUT2D eigenvalue weighted by Gasteiger charge is -2.41. The first-order valence-corrected chi connectivity index (χ1v) is 10.8. The SMILES string of the molecule is FC(F)C(F)n1nc(Cl)c2cnc(Nc3cnn(C4CCN(C5COC5)CC4)c3Cl)nc21. The highest BCUT2D eigenvalue weighted by atomic mass is 35.5. The van der Waals surface area contributed by atoms with Gasteiger partial charge in [0.05, 0.1) is 42.6 Å². The fourth-order valence-electron chi connectivity index (χ4n) is 3.96. The van der Waals surface area contributed by atoms with Crippen molar-refractivity contribution in [1.82, 2.24) is 34.4 Å². The van der Waals surface area contributed by atoms with E-state index in [1.54, 1.807) is 10.9 Å². The number of nitrogens with zero attached hydrogens (tertiary/aromatic N) is 7. The lowest BCUT2D eigenvalue weighted by molar-refractivity contribution is -0.0734. The second kappa shape index (κ2) is 8.65. The number of hydrogen-bond acceptors (Lipinski definition) is 7. The third-order valence-electron chi connectivity index (χ3n) is 5.81. The number of nitrogens with one attached hydrogen (secondary N) is 1. The molecule has 0 aliphatic carbocycles. The van der Waals surface area contributed by atoms with Crippen molar-refractivity contribution in [3.05, 3.63) is 22.7 Å². The minimum Gasteiger partial charge on any atom is -0.378 e. The molecule has 2 fully saturated rings. The predicted molar refractivity (Wildman–Crippen MR) is 111 cm³/mol. The Balaban J connectivity index is 1.33. The quantitative estimate of drug-likeness (QED) is 0.561. The van der Waals surface area contributed by atoms with E-state index in [-0.39, 0.29) is 28.2 Å². The summed E-state index contributed by atoms with van der Waals surface area (Å²) in [6.07, 6.45) is -1.32. The van der Waals surface area contributed by atoms with E-state index in [0.717, 1.165) is 39.1 Å². The monoisotopic (exact) mass is 490 g/mol. The van der Waals surface area contributed by atoms with Crippen molar-refractivity contribution in [2.24, 2.45) is 0 Å². The van der Waals surface area contributed by atoms with E-state index in [1.807, 2.05) is 0 Å². The largest absolute Gasteiger partial charge is 0.378 e. The Kier molecular flexibility index (Phi) is 5.86. The zero-order valence-corrected chi connectivity index (χ0v) is 18.1. The predicted octanol–water partition coefficient (Wildman–Crippen LogP) is 3.84. The number of aromatic nitrogens is 6. The van der Waals surface area contributed by atoms with Crippen molar-refractivity contribution in [3.8, 4) is 0 Å². The number of halogens is 5. The molecule has 3 aromatic rings. The van der Waals surface area contributed by atoms with Crippen LogP contribution in [0.3, 0.4) is 0 Å². The van der Waals surface area contributed by atoms with Crippen LogP contribution in [0.4, 0.5) is 24.8 Å². The molecular weight excluding hydrogens is 472 g/mol. The van der Waals surface area contributed by atoms with Crippen LogP contribution in [-0.2, 0) is 4.74 Å². The fourth-order valence-corrected chi connectivity index (χ4v) is 4.46. The Morgan fingerprint density at radius 3 is 2.50 bits per heavy atom. The van der Waals surface area contributed by atoms with Gasteiger partial charge in [-0.1, -0.05) is 23.2 Å². The Morgan fingerprint density at radius 1 is 1.09 bits per heavy atom. The number of alkyl halides is 3. The molecule has 0 bridgehead atoms. The summed E-state index contributed by atoms with van der Waals surface area (Å²) in [6.45, 7) is 3.46. The van der Waals surface area contributed by atoms with Crippen LogP contribution in [0.2, 0.25) is 10.3 Å². The summed E-state index contributed by atoms with van der Waals surface area (Å²) in [6, 6.07) is 0.654. The fraction of sp³-hybridized carbons (Fsp3) is 0.556. The van der Waals surface area contributed by atoms with E-state index in [0.29, 0.717) is 21.6 Å². The molecular formula is C18H19Cl2F3N8O. The Hall–Kier alpha value is -2.15. The lowest BCUT2D eigenvalue weighted by Crippen LogP contribution is -2.51. The average Bonchev–Trinajstić information content (AvgIpc) is 3.27. The zero-order chi connectivity index (χ0) is 22.4. The third-order valence-corrected chi connectivity index (χ3v) is 6.46. The second-order valence-corrected chi connectivity index (χ2v) is 8.47. The smallest absolute Gasteiger partial charge is 0.289 e. The molecule has 5 rings (SSSR count). The van der Waals surface area contributed by atoms with Gasteiger partial charge in [0.15, 0.2) is 16.0 Å². The standard InChI is InChI=1S/C18H19Cl2F3N8O/c19-13-11-5-24-18(27-17(11)31(28-13)16(23)15(21)22)26-12-6-25-30(14(12)20)9-1-3-29(4-2-9)10-7-32-8-10/h5-6,9-10,15-16H,1-4,7-8H2,(H,24,26,27). The topological polar surface area (TPSA) is 85.9 Å². The van der Waals surface area contributed by atoms with Crippen LogP contribution >= 0.6 is 23.2 Å². The first-order valence-electron chi connectivity index (χ1n) is 10.1. The molecule has 5 heterocycles. The summed E-state index contributed by atoms with van der Waals surface area (Å²) in [5.41, 5.74) is 0.291. The molecule has 32 heavy (non-hydrogen) atoms. The molecule has 1 N–H and O–H groups in total. The molecule has 3 aromatic heterocycles. The maximum atomic E-state index is 13.9. The van der Waals surface area contributed by atoms with Crippen molar-refractivity contribution in [1.29, 1.82) is 0 Å². The zero-order valence-electron chi connectivity index (χ0n) is 16.6. The molecule has 172 valence electrons. The van der Waals surface area contributed by atoms with Crippen molar-refractivity contribution < 1.29 is 17.9 Å². The maximum Gasteiger partial charge on any atom is 0.289 e. The maximum absolute atomic E-state index is 13.9. The van der Waals surface area contributed by atoms with Crippen LogP contribution in [-0.4, -0.2) is 73.2 Å². The number of fused-ring (bicyclic) bond motifs is 1. The van der Waals surface area contributed by atoms with Gasteiger partial charge in [0.1, 0.15) is 0 Å². The molecule has 2 aliphatic rings. The summed E-state index contributed by atoms with van der Waals surface area (Å²) in [4.78, 5) is 10.6. The minimum absolute atomic E-state index is 0.0260. The van der Waals surface area contributed by atoms with Gasteiger partial charge in [-0.2, -0.15) is 15.2 Å². The summed E-state index contributed by atoms with van der Waals surface area (Å²) in [7, 11) is 0. The molecule has 1 atom stereocenters. The summed E-state index contributed by atoms with van der Waals surface area (Å²) < 4.78 is 47.1. The Labute approximate surface area is 190 Å². The summed E-state index contributed by atoms with van der Waals surface area (Å²) in [5, 5.41) is 11.3. The molecule has 9 nitrogen and oxygen atoms in total. The number of piperidine rings is 1. The lowest BCUT2D eigenvalue weighted by atomic mass is 10.0. The first-order chi connectivity index (χ1) is 15.4. The summed E-state index contributed by atoms with van der Waals surface area (Å²) >= 11 is 12.4. The van der Waals surface area contributed by atoms with Crippen LogP contribution in [0.15, 0.2) is 12.4 Å². The Bertz CT molecular complexity index is 1110. The van der Waals surface area contributed by atoms with E-state index in [1.165, 1.54) is 6.20 Å². The second-order valence-electron chi connectivity index (χ2n) is 7.75. The van der Waals surface area contributed by atoms with Gasteiger partial charge in [0.25, 0.3) is 12.7 Å². The Morgan fingerprint density at radius 2 is 1.84 bits per heavy atom. The van der Waals surface area contributed by atoms with Gasteiger partial charge in [-0.05, 0) is 12.8 Å². The van der Waals surface area contributed by atoms with Crippen molar-refractivity contribution >= 4 is 45.9 Å². The van der Waals surface area contributed by atoms with Crippen LogP contribution in [0, 0.1) is 0 Å². The van der Waals surface area contributed by atoms with Crippen LogP contribution in [0.1, 0.15) is 25.2 Å². The van der Waals surface area contributed by atoms with Crippen molar-refractivity contribution in [2.75, 3.05) is 31.6 Å². The van der Waals surface area contributed by atoms with Gasteiger partial charge in [-0.25, -0.2) is 27.5 Å². The molecule has 14 heteroatoms. The molecule has 0 amide bonds. The van der Waals surface area contributed by atoms with E-state index in [2.05, 4.69) is 30.4 Å². The number of likely N-dealkylation sites (tertiary alicyclic amines) is 1. The number of rotatable bonds is 6. The number of anilines is 2. The molecule has 2 saturated heterocycles. The van der Waals surface area contributed by atoms with Crippen molar-refractivity contribution in [3.63, 3.8) is 0 Å². The molecule has 1 unspecified atom stereocenters. The number of ether oxygens (including phenoxy) is 1. The van der Waals surface area contributed by atoms with Crippen LogP contribution in [0.25, 0.3) is 11.0 Å². The molecule has 0 spiro atoms. The van der Waals surface area contributed by atoms with E-state index < -0.39 is 12.7 Å². The van der Waals surface area contributed by atoms with Gasteiger partial charge in [-0.3, -0.25) is 4.90 Å². The van der Waals surface area contributed by atoms with Gasteiger partial charge in [0.2, 0.25) is 5.95 Å². The normalized spacial score (nSPS) is 19.6. The van der Waals surface area contributed by atoms with Crippen LogP contribution < -0.4 is 5.32 Å². The molecule has 2 aliphatic heterocycles. The molecule has 0 aromatic carbocycles. The summed E-state index contributed by atoms with van der Waals surface area (Å²) in [5.74, 6) is 0.0260. The van der Waals surface area contributed by atoms with Gasteiger partial charge in [0, 0.05) is 19.3 Å². The number of hydrogen-bond donors (Lipinski definition) is 1.